The minimum absolute atomic E-state index is 0.145. The number of amides is 1. The Morgan fingerprint density at radius 1 is 1.17 bits per heavy atom. The van der Waals surface area contributed by atoms with Gasteiger partial charge in [0.15, 0.2) is 0 Å². The van der Waals surface area contributed by atoms with Crippen molar-refractivity contribution in [3.63, 3.8) is 0 Å². The van der Waals surface area contributed by atoms with Crippen molar-refractivity contribution in [2.45, 2.75) is 32.7 Å². The molecule has 190 valence electrons. The summed E-state index contributed by atoms with van der Waals surface area (Å²) in [6.07, 6.45) is 0.427. The van der Waals surface area contributed by atoms with Crippen molar-refractivity contribution >= 4 is 17.5 Å². The average molecular weight is 487 g/mol. The van der Waals surface area contributed by atoms with Crippen LogP contribution in [0.2, 0.25) is 0 Å². The van der Waals surface area contributed by atoms with E-state index in [2.05, 4.69) is 32.1 Å². The highest BCUT2D eigenvalue weighted by molar-refractivity contribution is 5.77. The number of hydrogen-bond acceptors (Lipinski definition) is 7. The van der Waals surface area contributed by atoms with E-state index in [0.29, 0.717) is 43.5 Å². The lowest BCUT2D eigenvalue weighted by Crippen LogP contribution is -2.45. The van der Waals surface area contributed by atoms with Crippen LogP contribution in [-0.2, 0) is 16.0 Å². The molecule has 1 unspecified atom stereocenters. The first-order valence-electron chi connectivity index (χ1n) is 12.3. The van der Waals surface area contributed by atoms with Gasteiger partial charge >= 0.3 is 0 Å². The molecular weight excluding hydrogens is 451 g/mol. The van der Waals surface area contributed by atoms with E-state index < -0.39 is 0 Å². The average Bonchev–Trinajstić information content (AvgIpc) is 2.84. The fourth-order valence-corrected chi connectivity index (χ4v) is 4.65. The van der Waals surface area contributed by atoms with Crippen molar-refractivity contribution in [3.05, 3.63) is 51.2 Å². The van der Waals surface area contributed by atoms with Gasteiger partial charge < -0.3 is 24.8 Å². The minimum atomic E-state index is -0.367. The number of morpholine rings is 1. The molecule has 2 saturated heterocycles. The second-order valence-corrected chi connectivity index (χ2v) is 9.34. The van der Waals surface area contributed by atoms with Gasteiger partial charge in [-0.3, -0.25) is 14.6 Å². The maximum absolute atomic E-state index is 14.1. The Morgan fingerprint density at radius 3 is 2.57 bits per heavy atom. The second kappa shape index (κ2) is 11.2. The van der Waals surface area contributed by atoms with Gasteiger partial charge in [-0.15, -0.1) is 0 Å². The number of carbonyl (C=O) groups excluding carboxylic acids is 1. The molecule has 0 aliphatic carbocycles. The highest BCUT2D eigenvalue weighted by Gasteiger charge is 2.22. The number of H-pyrrole nitrogens is 1. The maximum atomic E-state index is 14.1. The van der Waals surface area contributed by atoms with Crippen molar-refractivity contribution in [1.29, 1.82) is 0 Å². The number of nitrogens with zero attached hydrogens (tertiary/aromatic N) is 4. The number of aromatic amines is 1. The molecule has 0 saturated carbocycles. The summed E-state index contributed by atoms with van der Waals surface area (Å²) in [7, 11) is 2.09. The van der Waals surface area contributed by atoms with Crippen LogP contribution >= 0.6 is 0 Å². The molecule has 0 spiro atoms. The normalized spacial score (nSPS) is 17.9. The summed E-state index contributed by atoms with van der Waals surface area (Å²) in [5.41, 5.74) is 2.62. The van der Waals surface area contributed by atoms with Crippen LogP contribution in [0.15, 0.2) is 23.0 Å². The van der Waals surface area contributed by atoms with Crippen LogP contribution in [-0.4, -0.2) is 80.3 Å². The molecule has 10 heteroatoms. The lowest BCUT2D eigenvalue weighted by molar-refractivity contribution is -0.121. The van der Waals surface area contributed by atoms with Crippen LogP contribution in [0.1, 0.15) is 36.2 Å². The fraction of sp³-hybridized carbons (Fsp3) is 0.560. The predicted octanol–water partition coefficient (Wildman–Crippen LogP) is 1.62. The summed E-state index contributed by atoms with van der Waals surface area (Å²) in [5.74, 6) is 0.0230. The molecule has 2 aliphatic heterocycles. The summed E-state index contributed by atoms with van der Waals surface area (Å²) < 4.78 is 19.5. The van der Waals surface area contributed by atoms with E-state index in [0.717, 1.165) is 37.4 Å². The summed E-state index contributed by atoms with van der Waals surface area (Å²) in [6, 6.07) is 4.40. The fourth-order valence-electron chi connectivity index (χ4n) is 4.65. The monoisotopic (exact) mass is 486 g/mol. The lowest BCUT2D eigenvalue weighted by Gasteiger charge is -2.36. The molecular formula is C25H35FN6O3. The van der Waals surface area contributed by atoms with Gasteiger partial charge in [0.05, 0.1) is 19.3 Å². The van der Waals surface area contributed by atoms with Crippen molar-refractivity contribution < 1.29 is 13.9 Å². The molecule has 4 rings (SSSR count). The van der Waals surface area contributed by atoms with Crippen molar-refractivity contribution in [1.82, 2.24) is 20.2 Å². The maximum Gasteiger partial charge on any atom is 0.255 e. The number of hydrogen-bond donors (Lipinski definition) is 2. The standard InChI is InChI=1S/C25H35FN6O3/c1-17-20(24(34)29-25(28-17)32-12-14-35-15-13-32)5-7-23(33)27-18(2)21-16-19(26)4-6-22(21)31-10-8-30(3)9-11-31/h4,6,16,18H,5,7-15H2,1-3H3,(H,27,33)(H,28,29,34). The van der Waals surface area contributed by atoms with Gasteiger partial charge in [0.2, 0.25) is 11.9 Å². The summed E-state index contributed by atoms with van der Waals surface area (Å²) >= 11 is 0. The number of nitrogens with one attached hydrogen (secondary N) is 2. The molecule has 2 aromatic rings. The molecule has 2 aliphatic rings. The van der Waals surface area contributed by atoms with Gasteiger partial charge in [0.1, 0.15) is 5.82 Å². The Kier molecular flexibility index (Phi) is 8.02. The molecule has 1 atom stereocenters. The van der Waals surface area contributed by atoms with Gasteiger partial charge in [-0.25, -0.2) is 9.37 Å². The van der Waals surface area contributed by atoms with Crippen molar-refractivity contribution in [2.75, 3.05) is 69.3 Å². The summed E-state index contributed by atoms with van der Waals surface area (Å²) in [5, 5.41) is 2.99. The number of likely N-dealkylation sites (N-methyl/N-ethyl adjacent to an activating group) is 1. The zero-order valence-electron chi connectivity index (χ0n) is 20.8. The van der Waals surface area contributed by atoms with E-state index in [1.165, 1.54) is 12.1 Å². The number of halogens is 1. The molecule has 3 heterocycles. The summed E-state index contributed by atoms with van der Waals surface area (Å²) in [6.45, 7) is 9.79. The number of rotatable bonds is 7. The minimum Gasteiger partial charge on any atom is -0.378 e. The zero-order chi connectivity index (χ0) is 24.9. The molecule has 1 aromatic carbocycles. The number of carbonyl (C=O) groups is 1. The van der Waals surface area contributed by atoms with Crippen molar-refractivity contribution in [3.8, 4) is 0 Å². The first kappa shape index (κ1) is 25.1. The van der Waals surface area contributed by atoms with Crippen LogP contribution in [0, 0.1) is 12.7 Å². The molecule has 1 amide bonds. The van der Waals surface area contributed by atoms with Gasteiger partial charge in [-0.05, 0) is 45.5 Å². The van der Waals surface area contributed by atoms with E-state index in [-0.39, 0.29) is 36.2 Å². The molecule has 35 heavy (non-hydrogen) atoms. The predicted molar refractivity (Wildman–Crippen MR) is 134 cm³/mol. The third-order valence-corrected chi connectivity index (χ3v) is 6.80. The van der Waals surface area contributed by atoms with Gasteiger partial charge in [-0.2, -0.15) is 0 Å². The first-order chi connectivity index (χ1) is 16.8. The Hall–Kier alpha value is -2.98. The van der Waals surface area contributed by atoms with Crippen LogP contribution in [0.3, 0.4) is 0 Å². The van der Waals surface area contributed by atoms with Crippen LogP contribution in [0.5, 0.6) is 0 Å². The van der Waals surface area contributed by atoms with E-state index in [4.69, 9.17) is 4.74 Å². The lowest BCUT2D eigenvalue weighted by atomic mass is 10.0. The van der Waals surface area contributed by atoms with Gasteiger partial charge in [0, 0.05) is 68.2 Å². The molecule has 0 radical (unpaired) electrons. The second-order valence-electron chi connectivity index (χ2n) is 9.34. The van der Waals surface area contributed by atoms with Gasteiger partial charge in [-0.1, -0.05) is 0 Å². The Morgan fingerprint density at radius 2 is 1.89 bits per heavy atom. The number of aromatic nitrogens is 2. The van der Waals surface area contributed by atoms with Crippen LogP contribution in [0.25, 0.3) is 0 Å². The topological polar surface area (TPSA) is 93.8 Å². The summed E-state index contributed by atoms with van der Waals surface area (Å²) in [4.78, 5) is 39.4. The Labute approximate surface area is 205 Å². The highest BCUT2D eigenvalue weighted by Crippen LogP contribution is 2.28. The molecule has 9 nitrogen and oxygen atoms in total. The largest absolute Gasteiger partial charge is 0.378 e. The number of ether oxygens (including phenoxy) is 1. The molecule has 2 fully saturated rings. The third kappa shape index (κ3) is 6.18. The highest BCUT2D eigenvalue weighted by atomic mass is 19.1. The van der Waals surface area contributed by atoms with Crippen LogP contribution < -0.4 is 20.7 Å². The zero-order valence-corrected chi connectivity index (χ0v) is 20.8. The molecule has 2 N–H and O–H groups in total. The number of benzene rings is 1. The molecule has 0 bridgehead atoms. The quantitative estimate of drug-likeness (QED) is 0.614. The smallest absolute Gasteiger partial charge is 0.255 e. The third-order valence-electron chi connectivity index (χ3n) is 6.80. The Balaban J connectivity index is 1.39. The molecule has 1 aromatic heterocycles. The van der Waals surface area contributed by atoms with E-state index >= 15 is 0 Å². The number of anilines is 2. The van der Waals surface area contributed by atoms with Crippen molar-refractivity contribution in [2.24, 2.45) is 0 Å². The van der Waals surface area contributed by atoms with E-state index in [9.17, 15) is 14.0 Å². The Bertz CT molecular complexity index is 1090. The SMILES string of the molecule is Cc1nc(N2CCOCC2)[nH]c(=O)c1CCC(=O)NC(C)c1cc(F)ccc1N1CCN(C)CC1. The number of piperazine rings is 1. The van der Waals surface area contributed by atoms with E-state index in [1.807, 2.05) is 11.8 Å². The van der Waals surface area contributed by atoms with Crippen LogP contribution in [0.4, 0.5) is 16.0 Å². The van der Waals surface area contributed by atoms with E-state index in [1.54, 1.807) is 13.0 Å². The number of aryl methyl sites for hydroxylation is 1. The first-order valence-corrected chi connectivity index (χ1v) is 12.3. The van der Waals surface area contributed by atoms with Gasteiger partial charge in [0.25, 0.3) is 5.56 Å².